The standard InChI is InChI=1S/C8H9N3O.C2H6/c1-2-11-7-6(10-8(11)12)4-3-5-9-7;1-2/h3-5H,2H2,1H3,(H,10,12);1-2H3. The SMILES string of the molecule is CC.CCn1c(=O)[nH]c2cccnc21. The zero-order valence-corrected chi connectivity index (χ0v) is 8.74. The first kappa shape index (κ1) is 10.5. The second-order valence-corrected chi connectivity index (χ2v) is 2.55. The van der Waals surface area contributed by atoms with E-state index in [-0.39, 0.29) is 5.69 Å². The molecule has 0 radical (unpaired) electrons. The summed E-state index contributed by atoms with van der Waals surface area (Å²) >= 11 is 0. The lowest BCUT2D eigenvalue weighted by molar-refractivity contribution is 0.745. The van der Waals surface area contributed by atoms with Crippen molar-refractivity contribution in [3.63, 3.8) is 0 Å². The van der Waals surface area contributed by atoms with Crippen LogP contribution in [0.15, 0.2) is 23.1 Å². The number of nitrogens with zero attached hydrogens (tertiary/aromatic N) is 2. The van der Waals surface area contributed by atoms with Crippen molar-refractivity contribution in [1.29, 1.82) is 0 Å². The van der Waals surface area contributed by atoms with Crippen LogP contribution in [-0.4, -0.2) is 14.5 Å². The van der Waals surface area contributed by atoms with E-state index in [0.29, 0.717) is 6.54 Å². The minimum atomic E-state index is -0.0915. The first-order valence-electron chi connectivity index (χ1n) is 4.86. The van der Waals surface area contributed by atoms with Gasteiger partial charge in [0.15, 0.2) is 5.65 Å². The quantitative estimate of drug-likeness (QED) is 0.750. The largest absolute Gasteiger partial charge is 0.327 e. The Morgan fingerprint density at radius 3 is 2.86 bits per heavy atom. The molecule has 0 amide bonds. The fraction of sp³-hybridized carbons (Fsp3) is 0.400. The minimum Gasteiger partial charge on any atom is -0.304 e. The molecule has 0 aromatic carbocycles. The molecular weight excluding hydrogens is 178 g/mol. The van der Waals surface area contributed by atoms with Crippen LogP contribution in [0.25, 0.3) is 11.2 Å². The molecule has 2 heterocycles. The number of aromatic amines is 1. The molecule has 0 unspecified atom stereocenters. The van der Waals surface area contributed by atoms with E-state index in [1.165, 1.54) is 0 Å². The first-order valence-corrected chi connectivity index (χ1v) is 4.86. The minimum absolute atomic E-state index is 0.0915. The third-order valence-electron chi connectivity index (χ3n) is 1.85. The molecule has 14 heavy (non-hydrogen) atoms. The summed E-state index contributed by atoms with van der Waals surface area (Å²) in [4.78, 5) is 18.1. The normalized spacial score (nSPS) is 9.64. The Bertz CT molecular complexity index is 456. The summed E-state index contributed by atoms with van der Waals surface area (Å²) < 4.78 is 1.61. The van der Waals surface area contributed by atoms with Crippen molar-refractivity contribution >= 4 is 11.2 Å². The number of hydrogen-bond acceptors (Lipinski definition) is 2. The molecule has 0 fully saturated rings. The van der Waals surface area contributed by atoms with Gasteiger partial charge in [0.25, 0.3) is 0 Å². The van der Waals surface area contributed by atoms with E-state index in [1.54, 1.807) is 16.8 Å². The van der Waals surface area contributed by atoms with Gasteiger partial charge in [-0.15, -0.1) is 0 Å². The highest BCUT2D eigenvalue weighted by molar-refractivity contribution is 5.69. The second kappa shape index (κ2) is 4.60. The molecule has 1 N–H and O–H groups in total. The second-order valence-electron chi connectivity index (χ2n) is 2.55. The number of imidazole rings is 1. The van der Waals surface area contributed by atoms with Gasteiger partial charge in [0, 0.05) is 12.7 Å². The summed E-state index contributed by atoms with van der Waals surface area (Å²) in [5.41, 5.74) is 1.43. The Labute approximate surface area is 82.6 Å². The molecule has 2 aromatic rings. The Morgan fingerprint density at radius 1 is 1.50 bits per heavy atom. The van der Waals surface area contributed by atoms with Crippen molar-refractivity contribution in [3.05, 3.63) is 28.8 Å². The highest BCUT2D eigenvalue weighted by atomic mass is 16.1. The lowest BCUT2D eigenvalue weighted by atomic mass is 10.4. The van der Waals surface area contributed by atoms with Gasteiger partial charge in [-0.2, -0.15) is 0 Å². The van der Waals surface area contributed by atoms with Crippen LogP contribution in [0.5, 0.6) is 0 Å². The van der Waals surface area contributed by atoms with Gasteiger partial charge in [-0.25, -0.2) is 9.78 Å². The van der Waals surface area contributed by atoms with Crippen molar-refractivity contribution in [2.75, 3.05) is 0 Å². The Morgan fingerprint density at radius 2 is 2.21 bits per heavy atom. The summed E-state index contributed by atoms with van der Waals surface area (Å²) in [6.45, 7) is 6.57. The van der Waals surface area contributed by atoms with Crippen LogP contribution in [0.2, 0.25) is 0 Å². The van der Waals surface area contributed by atoms with Crippen LogP contribution in [0.3, 0.4) is 0 Å². The molecule has 0 aliphatic carbocycles. The number of rotatable bonds is 1. The van der Waals surface area contributed by atoms with Gasteiger partial charge in [-0.1, -0.05) is 13.8 Å². The van der Waals surface area contributed by atoms with Gasteiger partial charge in [0.1, 0.15) is 0 Å². The van der Waals surface area contributed by atoms with E-state index in [2.05, 4.69) is 9.97 Å². The van der Waals surface area contributed by atoms with Crippen LogP contribution in [0, 0.1) is 0 Å². The third-order valence-corrected chi connectivity index (χ3v) is 1.85. The van der Waals surface area contributed by atoms with Gasteiger partial charge >= 0.3 is 5.69 Å². The molecule has 0 atom stereocenters. The van der Waals surface area contributed by atoms with Crippen LogP contribution in [0.1, 0.15) is 20.8 Å². The molecule has 76 valence electrons. The predicted octanol–water partition coefficient (Wildman–Crippen LogP) is 1.77. The van der Waals surface area contributed by atoms with Crippen molar-refractivity contribution < 1.29 is 0 Å². The van der Waals surface area contributed by atoms with Crippen molar-refractivity contribution in [2.24, 2.45) is 0 Å². The summed E-state index contributed by atoms with van der Waals surface area (Å²) in [7, 11) is 0. The van der Waals surface area contributed by atoms with Gasteiger partial charge < -0.3 is 4.98 Å². The lowest BCUT2D eigenvalue weighted by Crippen LogP contribution is -2.15. The molecule has 0 saturated carbocycles. The number of aryl methyl sites for hydroxylation is 1. The van der Waals surface area contributed by atoms with Gasteiger partial charge in [-0.3, -0.25) is 4.57 Å². The molecule has 0 spiro atoms. The van der Waals surface area contributed by atoms with Crippen LogP contribution in [0.4, 0.5) is 0 Å². The highest BCUT2D eigenvalue weighted by Crippen LogP contribution is 2.04. The molecule has 2 rings (SSSR count). The maximum absolute atomic E-state index is 11.2. The van der Waals surface area contributed by atoms with Gasteiger partial charge in [0.2, 0.25) is 0 Å². The zero-order chi connectivity index (χ0) is 10.6. The molecule has 4 heteroatoms. The lowest BCUT2D eigenvalue weighted by Gasteiger charge is -1.93. The van der Waals surface area contributed by atoms with E-state index in [9.17, 15) is 4.79 Å². The van der Waals surface area contributed by atoms with E-state index < -0.39 is 0 Å². The van der Waals surface area contributed by atoms with Crippen LogP contribution < -0.4 is 5.69 Å². The van der Waals surface area contributed by atoms with Crippen molar-refractivity contribution in [3.8, 4) is 0 Å². The van der Waals surface area contributed by atoms with Crippen molar-refractivity contribution in [2.45, 2.75) is 27.3 Å². The van der Waals surface area contributed by atoms with Crippen LogP contribution in [-0.2, 0) is 6.54 Å². The molecule has 0 bridgehead atoms. The monoisotopic (exact) mass is 193 g/mol. The topological polar surface area (TPSA) is 50.7 Å². The van der Waals surface area contributed by atoms with Gasteiger partial charge in [0.05, 0.1) is 5.52 Å². The average Bonchev–Trinajstić information content (AvgIpc) is 2.56. The summed E-state index contributed by atoms with van der Waals surface area (Å²) in [5.74, 6) is 0. The number of pyridine rings is 1. The van der Waals surface area contributed by atoms with E-state index in [1.807, 2.05) is 26.8 Å². The molecule has 0 aliphatic rings. The predicted molar refractivity (Wildman–Crippen MR) is 57.4 cm³/mol. The number of aromatic nitrogens is 3. The smallest absolute Gasteiger partial charge is 0.304 e. The number of fused-ring (bicyclic) bond motifs is 1. The fourth-order valence-electron chi connectivity index (χ4n) is 1.28. The van der Waals surface area contributed by atoms with E-state index >= 15 is 0 Å². The summed E-state index contributed by atoms with van der Waals surface area (Å²) in [5, 5.41) is 0. The van der Waals surface area contributed by atoms with Gasteiger partial charge in [-0.05, 0) is 19.1 Å². The highest BCUT2D eigenvalue weighted by Gasteiger charge is 2.03. The Kier molecular flexibility index (Phi) is 3.45. The maximum Gasteiger partial charge on any atom is 0.327 e. The molecule has 2 aromatic heterocycles. The van der Waals surface area contributed by atoms with Crippen LogP contribution >= 0.6 is 0 Å². The summed E-state index contributed by atoms with van der Waals surface area (Å²) in [6.07, 6.45) is 1.68. The zero-order valence-electron chi connectivity index (χ0n) is 8.74. The average molecular weight is 193 g/mol. The van der Waals surface area contributed by atoms with E-state index in [4.69, 9.17) is 0 Å². The fourth-order valence-corrected chi connectivity index (χ4v) is 1.28. The first-order chi connectivity index (χ1) is 6.83. The number of hydrogen-bond donors (Lipinski definition) is 1. The third kappa shape index (κ3) is 1.69. The Hall–Kier alpha value is -1.58. The number of nitrogens with one attached hydrogen (secondary N) is 1. The molecule has 0 aliphatic heterocycles. The molecular formula is C10H15N3O. The van der Waals surface area contributed by atoms with Crippen molar-refractivity contribution in [1.82, 2.24) is 14.5 Å². The number of H-pyrrole nitrogens is 1. The van der Waals surface area contributed by atoms with E-state index in [0.717, 1.165) is 11.2 Å². The Balaban J connectivity index is 0.000000461. The molecule has 0 saturated heterocycles. The maximum atomic E-state index is 11.2. The summed E-state index contributed by atoms with van der Waals surface area (Å²) in [6, 6.07) is 3.65. The molecule has 4 nitrogen and oxygen atoms in total.